The van der Waals surface area contributed by atoms with Gasteiger partial charge in [-0.05, 0) is 61.2 Å². The smallest absolute Gasteiger partial charge is 0.259 e. The lowest BCUT2D eigenvalue weighted by Gasteiger charge is -2.23. The van der Waals surface area contributed by atoms with Crippen LogP contribution in [0.15, 0.2) is 36.4 Å². The van der Waals surface area contributed by atoms with Gasteiger partial charge in [-0.25, -0.2) is 0 Å². The number of amides is 1. The average molecular weight is 335 g/mol. The minimum Gasteiger partial charge on any atom is -0.399 e. The lowest BCUT2D eigenvalue weighted by molar-refractivity contribution is 0.0987. The molecule has 0 radical (unpaired) electrons. The van der Waals surface area contributed by atoms with Crippen LogP contribution in [-0.2, 0) is 6.42 Å². The zero-order valence-electron chi connectivity index (χ0n) is 12.0. The van der Waals surface area contributed by atoms with Gasteiger partial charge in [0.25, 0.3) is 5.91 Å². The first-order valence-electron chi connectivity index (χ1n) is 7.21. The predicted octanol–water partition coefficient (Wildman–Crippen LogP) is 4.56. The quantitative estimate of drug-likeness (QED) is 0.777. The molecule has 1 aliphatic rings. The molecule has 1 aliphatic heterocycles. The Labute approximate surface area is 139 Å². The van der Waals surface area contributed by atoms with Crippen LogP contribution in [0.4, 0.5) is 11.4 Å². The normalized spacial score (nSPS) is 14.4. The zero-order valence-corrected chi connectivity index (χ0v) is 13.5. The molecule has 2 aromatic rings. The number of nitrogens with two attached hydrogens (primary N) is 1. The molecule has 114 valence electrons. The second-order valence-electron chi connectivity index (χ2n) is 5.43. The standard InChI is InChI=1S/C17H16Cl2N2O/c18-12-4-7-16-11(9-12)3-1-2-8-21(16)17(22)14-6-5-13(20)10-15(14)19/h4-7,9-10H,1-3,8,20H2. The molecule has 0 saturated heterocycles. The molecule has 0 fully saturated rings. The van der Waals surface area contributed by atoms with Gasteiger partial charge in [0, 0.05) is 22.9 Å². The van der Waals surface area contributed by atoms with E-state index in [-0.39, 0.29) is 5.91 Å². The molecule has 0 bridgehead atoms. The van der Waals surface area contributed by atoms with E-state index in [2.05, 4.69) is 0 Å². The minimum absolute atomic E-state index is 0.101. The van der Waals surface area contributed by atoms with Crippen LogP contribution in [-0.4, -0.2) is 12.5 Å². The van der Waals surface area contributed by atoms with Gasteiger partial charge in [0.15, 0.2) is 0 Å². The van der Waals surface area contributed by atoms with Gasteiger partial charge in [0.1, 0.15) is 0 Å². The van der Waals surface area contributed by atoms with Gasteiger partial charge in [-0.2, -0.15) is 0 Å². The van der Waals surface area contributed by atoms with Gasteiger partial charge in [0.2, 0.25) is 0 Å². The summed E-state index contributed by atoms with van der Waals surface area (Å²) in [7, 11) is 0. The molecule has 2 N–H and O–H groups in total. The summed E-state index contributed by atoms with van der Waals surface area (Å²) in [5, 5.41) is 1.07. The van der Waals surface area contributed by atoms with Crippen LogP contribution < -0.4 is 10.6 Å². The fourth-order valence-electron chi connectivity index (χ4n) is 2.78. The van der Waals surface area contributed by atoms with Gasteiger partial charge >= 0.3 is 0 Å². The van der Waals surface area contributed by atoms with Crippen LogP contribution >= 0.6 is 23.2 Å². The Kier molecular flexibility index (Phi) is 4.27. The molecular formula is C17H16Cl2N2O. The van der Waals surface area contributed by atoms with E-state index in [1.54, 1.807) is 23.1 Å². The number of carbonyl (C=O) groups excluding carboxylic acids is 1. The molecule has 0 spiro atoms. The van der Waals surface area contributed by atoms with E-state index < -0.39 is 0 Å². The monoisotopic (exact) mass is 334 g/mol. The Morgan fingerprint density at radius 1 is 1.09 bits per heavy atom. The molecule has 1 heterocycles. The fourth-order valence-corrected chi connectivity index (χ4v) is 3.25. The first-order chi connectivity index (χ1) is 10.6. The van der Waals surface area contributed by atoms with Gasteiger partial charge in [-0.3, -0.25) is 4.79 Å². The number of hydrogen-bond donors (Lipinski definition) is 1. The van der Waals surface area contributed by atoms with Gasteiger partial charge in [0.05, 0.1) is 10.6 Å². The fraction of sp³-hybridized carbons (Fsp3) is 0.235. The molecule has 0 aromatic heterocycles. The Morgan fingerprint density at radius 2 is 1.91 bits per heavy atom. The summed E-state index contributed by atoms with van der Waals surface area (Å²) in [6, 6.07) is 10.6. The summed E-state index contributed by atoms with van der Waals surface area (Å²) < 4.78 is 0. The molecule has 0 atom stereocenters. The summed E-state index contributed by atoms with van der Waals surface area (Å²) in [6.45, 7) is 0.675. The number of rotatable bonds is 1. The van der Waals surface area contributed by atoms with Crippen LogP contribution in [0.25, 0.3) is 0 Å². The molecule has 3 nitrogen and oxygen atoms in total. The number of halogens is 2. The number of hydrogen-bond acceptors (Lipinski definition) is 2. The highest BCUT2D eigenvalue weighted by Gasteiger charge is 2.24. The van der Waals surface area contributed by atoms with E-state index in [4.69, 9.17) is 28.9 Å². The number of carbonyl (C=O) groups is 1. The van der Waals surface area contributed by atoms with Gasteiger partial charge in [-0.1, -0.05) is 23.2 Å². The highest BCUT2D eigenvalue weighted by Crippen LogP contribution is 2.31. The van der Waals surface area contributed by atoms with Gasteiger partial charge < -0.3 is 10.6 Å². The predicted molar refractivity (Wildman–Crippen MR) is 91.9 cm³/mol. The van der Waals surface area contributed by atoms with Crippen molar-refractivity contribution in [1.29, 1.82) is 0 Å². The van der Waals surface area contributed by atoms with Crippen molar-refractivity contribution in [2.24, 2.45) is 0 Å². The third kappa shape index (κ3) is 2.92. The highest BCUT2D eigenvalue weighted by molar-refractivity contribution is 6.35. The summed E-state index contributed by atoms with van der Waals surface area (Å²) in [5.74, 6) is -0.101. The zero-order chi connectivity index (χ0) is 15.7. The molecular weight excluding hydrogens is 319 g/mol. The molecule has 0 unspecified atom stereocenters. The maximum absolute atomic E-state index is 12.9. The van der Waals surface area contributed by atoms with Crippen LogP contribution in [0.3, 0.4) is 0 Å². The van der Waals surface area contributed by atoms with Crippen LogP contribution in [0.1, 0.15) is 28.8 Å². The number of nitrogens with zero attached hydrogens (tertiary/aromatic N) is 1. The van der Waals surface area contributed by atoms with Crippen molar-refractivity contribution in [3.05, 3.63) is 57.6 Å². The number of nitrogen functional groups attached to an aromatic ring is 1. The van der Waals surface area contributed by atoms with Crippen molar-refractivity contribution in [1.82, 2.24) is 0 Å². The van der Waals surface area contributed by atoms with Crippen LogP contribution in [0.2, 0.25) is 10.0 Å². The highest BCUT2D eigenvalue weighted by atomic mass is 35.5. The molecule has 2 aromatic carbocycles. The molecule has 0 saturated carbocycles. The molecule has 5 heteroatoms. The number of aryl methyl sites for hydroxylation is 1. The van der Waals surface area contributed by atoms with Crippen molar-refractivity contribution >= 4 is 40.5 Å². The number of anilines is 2. The summed E-state index contributed by atoms with van der Waals surface area (Å²) in [6.07, 6.45) is 2.91. The Bertz CT molecular complexity index is 731. The first-order valence-corrected chi connectivity index (χ1v) is 7.97. The third-order valence-electron chi connectivity index (χ3n) is 3.88. The van der Waals surface area contributed by atoms with E-state index in [0.717, 1.165) is 30.5 Å². The van der Waals surface area contributed by atoms with E-state index in [1.165, 1.54) is 0 Å². The van der Waals surface area contributed by atoms with E-state index >= 15 is 0 Å². The SMILES string of the molecule is Nc1ccc(C(=O)N2CCCCc3cc(Cl)ccc32)c(Cl)c1. The summed E-state index contributed by atoms with van der Waals surface area (Å²) in [5.41, 5.74) is 8.74. The lowest BCUT2D eigenvalue weighted by atomic mass is 10.1. The maximum Gasteiger partial charge on any atom is 0.259 e. The van der Waals surface area contributed by atoms with Crippen LogP contribution in [0.5, 0.6) is 0 Å². The van der Waals surface area contributed by atoms with Crippen molar-refractivity contribution < 1.29 is 4.79 Å². The largest absolute Gasteiger partial charge is 0.399 e. The minimum atomic E-state index is -0.101. The Morgan fingerprint density at radius 3 is 2.68 bits per heavy atom. The maximum atomic E-state index is 12.9. The van der Waals surface area contributed by atoms with Crippen molar-refractivity contribution in [2.75, 3.05) is 17.2 Å². The molecule has 0 aliphatic carbocycles. The number of benzene rings is 2. The second-order valence-corrected chi connectivity index (χ2v) is 6.27. The van der Waals surface area contributed by atoms with E-state index in [1.807, 2.05) is 18.2 Å². The summed E-state index contributed by atoms with van der Waals surface area (Å²) in [4.78, 5) is 14.7. The first kappa shape index (κ1) is 15.2. The van der Waals surface area contributed by atoms with Crippen molar-refractivity contribution in [2.45, 2.75) is 19.3 Å². The average Bonchev–Trinajstić information content (AvgIpc) is 2.68. The van der Waals surface area contributed by atoms with Gasteiger partial charge in [-0.15, -0.1) is 0 Å². The van der Waals surface area contributed by atoms with E-state index in [9.17, 15) is 4.79 Å². The van der Waals surface area contributed by atoms with Crippen molar-refractivity contribution in [3.63, 3.8) is 0 Å². The van der Waals surface area contributed by atoms with Crippen LogP contribution in [0, 0.1) is 0 Å². The molecule has 22 heavy (non-hydrogen) atoms. The Hall–Kier alpha value is -1.71. The second kappa shape index (κ2) is 6.19. The summed E-state index contributed by atoms with van der Waals surface area (Å²) >= 11 is 12.3. The number of fused-ring (bicyclic) bond motifs is 1. The third-order valence-corrected chi connectivity index (χ3v) is 4.43. The van der Waals surface area contributed by atoms with Crippen molar-refractivity contribution in [3.8, 4) is 0 Å². The molecule has 3 rings (SSSR count). The Balaban J connectivity index is 2.02. The van der Waals surface area contributed by atoms with E-state index in [0.29, 0.717) is 27.8 Å². The topological polar surface area (TPSA) is 46.3 Å². The molecule has 1 amide bonds. The lowest BCUT2D eigenvalue weighted by Crippen LogP contribution is -2.32.